The Kier molecular flexibility index (Phi) is 5.87. The summed E-state index contributed by atoms with van der Waals surface area (Å²) in [5.74, 6) is 0.0681. The second kappa shape index (κ2) is 8.09. The first-order valence-corrected chi connectivity index (χ1v) is 9.24. The highest BCUT2D eigenvalue weighted by Crippen LogP contribution is 2.29. The number of carbonyl (C=O) groups is 1. The van der Waals surface area contributed by atoms with Gasteiger partial charge in [-0.3, -0.25) is 4.79 Å². The molecule has 0 bridgehead atoms. The van der Waals surface area contributed by atoms with Crippen molar-refractivity contribution in [2.75, 3.05) is 26.4 Å². The summed E-state index contributed by atoms with van der Waals surface area (Å²) in [6.45, 7) is 2.91. The number of ether oxygens (including phenoxy) is 2. The smallest absolute Gasteiger partial charge is 0.261 e. The van der Waals surface area contributed by atoms with Crippen molar-refractivity contribution in [2.24, 2.45) is 0 Å². The Bertz CT molecular complexity index is 471. The maximum Gasteiger partial charge on any atom is 0.261 e. The minimum absolute atomic E-state index is 0.0681. The predicted octanol–water partition coefficient (Wildman–Crippen LogP) is 2.94. The number of thiophene rings is 1. The average Bonchev–Trinajstić information content (AvgIpc) is 3.19. The summed E-state index contributed by atoms with van der Waals surface area (Å²) in [5, 5.41) is 3.00. The van der Waals surface area contributed by atoms with Crippen LogP contribution in [0.4, 0.5) is 0 Å². The van der Waals surface area contributed by atoms with E-state index in [-0.39, 0.29) is 12.0 Å². The Hall–Kier alpha value is -0.910. The number of hydrogen-bond acceptors (Lipinski definition) is 4. The molecule has 1 aromatic heterocycles. The van der Waals surface area contributed by atoms with E-state index in [4.69, 9.17) is 9.47 Å². The fraction of sp³-hybridized carbons (Fsp3) is 0.706. The maximum absolute atomic E-state index is 12.1. The van der Waals surface area contributed by atoms with E-state index < -0.39 is 0 Å². The Morgan fingerprint density at radius 3 is 3.09 bits per heavy atom. The van der Waals surface area contributed by atoms with E-state index in [0.717, 1.165) is 43.6 Å². The Balaban J connectivity index is 1.31. The van der Waals surface area contributed by atoms with Crippen molar-refractivity contribution in [1.29, 1.82) is 0 Å². The first-order valence-electron chi connectivity index (χ1n) is 8.42. The zero-order valence-electron chi connectivity index (χ0n) is 13.1. The van der Waals surface area contributed by atoms with Crippen molar-refractivity contribution in [3.8, 4) is 0 Å². The van der Waals surface area contributed by atoms with E-state index >= 15 is 0 Å². The molecule has 1 saturated heterocycles. The topological polar surface area (TPSA) is 47.6 Å². The lowest BCUT2D eigenvalue weighted by molar-refractivity contribution is 0.0166. The van der Waals surface area contributed by atoms with Gasteiger partial charge >= 0.3 is 0 Å². The molecule has 0 unspecified atom stereocenters. The van der Waals surface area contributed by atoms with Crippen molar-refractivity contribution in [2.45, 2.75) is 51.0 Å². The summed E-state index contributed by atoms with van der Waals surface area (Å²) >= 11 is 1.67. The number of carbonyl (C=O) groups excluding carboxylic acids is 1. The number of fused-ring (bicyclic) bond motifs is 1. The standard InChI is InChI=1S/C17H25NO3S/c19-17(16-11-13-5-1-2-7-15(13)22-16)18-8-4-9-20-12-14-6-3-10-21-14/h11,14H,1-10,12H2,(H,18,19)/t14-/m0/s1. The molecule has 1 fully saturated rings. The van der Waals surface area contributed by atoms with E-state index in [1.807, 2.05) is 0 Å². The molecule has 0 aromatic carbocycles. The van der Waals surface area contributed by atoms with E-state index in [1.54, 1.807) is 11.3 Å². The Labute approximate surface area is 136 Å². The van der Waals surface area contributed by atoms with E-state index in [0.29, 0.717) is 19.8 Å². The number of amides is 1. The quantitative estimate of drug-likeness (QED) is 0.785. The van der Waals surface area contributed by atoms with Crippen LogP contribution in [-0.2, 0) is 22.3 Å². The van der Waals surface area contributed by atoms with Gasteiger partial charge in [-0.05, 0) is 56.6 Å². The zero-order chi connectivity index (χ0) is 15.2. The van der Waals surface area contributed by atoms with Gasteiger partial charge < -0.3 is 14.8 Å². The molecule has 122 valence electrons. The van der Waals surface area contributed by atoms with Crippen molar-refractivity contribution in [3.63, 3.8) is 0 Å². The SMILES string of the molecule is O=C(NCCCOC[C@@H]1CCCO1)c1cc2c(s1)CCCC2. The predicted molar refractivity (Wildman–Crippen MR) is 87.7 cm³/mol. The molecule has 2 heterocycles. The lowest BCUT2D eigenvalue weighted by atomic mass is 9.99. The molecular formula is C17H25NO3S. The van der Waals surface area contributed by atoms with Crippen LogP contribution in [0.2, 0.25) is 0 Å². The maximum atomic E-state index is 12.1. The largest absolute Gasteiger partial charge is 0.379 e. The van der Waals surface area contributed by atoms with Crippen LogP contribution in [0.15, 0.2) is 6.07 Å². The van der Waals surface area contributed by atoms with Crippen molar-refractivity contribution < 1.29 is 14.3 Å². The molecule has 1 aromatic rings. The summed E-state index contributed by atoms with van der Waals surface area (Å²) < 4.78 is 11.1. The van der Waals surface area contributed by atoms with Gasteiger partial charge in [0.05, 0.1) is 17.6 Å². The second-order valence-corrected chi connectivity index (χ2v) is 7.22. The number of rotatable bonds is 7. The van der Waals surface area contributed by atoms with E-state index in [1.165, 1.54) is 23.3 Å². The Morgan fingerprint density at radius 2 is 2.27 bits per heavy atom. The highest BCUT2D eigenvalue weighted by Gasteiger charge is 2.17. The van der Waals surface area contributed by atoms with Crippen LogP contribution < -0.4 is 5.32 Å². The van der Waals surface area contributed by atoms with Gasteiger partial charge in [0, 0.05) is 24.6 Å². The third-order valence-corrected chi connectivity index (χ3v) is 5.53. The number of aryl methyl sites for hydroxylation is 2. The molecule has 1 aliphatic carbocycles. The summed E-state index contributed by atoms with van der Waals surface area (Å²) in [6, 6.07) is 2.09. The van der Waals surface area contributed by atoms with E-state index in [2.05, 4.69) is 11.4 Å². The number of nitrogens with one attached hydrogen (secondary N) is 1. The van der Waals surface area contributed by atoms with Gasteiger partial charge in [-0.2, -0.15) is 0 Å². The van der Waals surface area contributed by atoms with Gasteiger partial charge in [0.1, 0.15) is 0 Å². The van der Waals surface area contributed by atoms with Crippen LogP contribution in [0.5, 0.6) is 0 Å². The van der Waals surface area contributed by atoms with Crippen LogP contribution in [0.1, 0.15) is 52.2 Å². The fourth-order valence-corrected chi connectivity index (χ4v) is 4.23. The monoisotopic (exact) mass is 323 g/mol. The van der Waals surface area contributed by atoms with Crippen LogP contribution >= 0.6 is 11.3 Å². The number of hydrogen-bond donors (Lipinski definition) is 1. The third kappa shape index (κ3) is 4.31. The van der Waals surface area contributed by atoms with E-state index in [9.17, 15) is 4.79 Å². The molecule has 1 N–H and O–H groups in total. The Morgan fingerprint density at radius 1 is 1.36 bits per heavy atom. The van der Waals surface area contributed by atoms with Gasteiger partial charge in [-0.25, -0.2) is 0 Å². The van der Waals surface area contributed by atoms with Gasteiger partial charge in [0.25, 0.3) is 5.91 Å². The van der Waals surface area contributed by atoms with Gasteiger partial charge in [-0.1, -0.05) is 0 Å². The highest BCUT2D eigenvalue weighted by atomic mass is 32.1. The molecule has 1 atom stereocenters. The first-order chi connectivity index (χ1) is 10.8. The summed E-state index contributed by atoms with van der Waals surface area (Å²) in [4.78, 5) is 14.4. The lowest BCUT2D eigenvalue weighted by Gasteiger charge is -2.10. The molecule has 0 radical (unpaired) electrons. The highest BCUT2D eigenvalue weighted by molar-refractivity contribution is 7.14. The molecule has 0 saturated carbocycles. The summed E-state index contributed by atoms with van der Waals surface area (Å²) in [5.41, 5.74) is 1.39. The molecule has 1 amide bonds. The van der Waals surface area contributed by atoms with Crippen LogP contribution in [0.3, 0.4) is 0 Å². The van der Waals surface area contributed by atoms with Gasteiger partial charge in [0.2, 0.25) is 0 Å². The normalized spacial score (nSPS) is 20.8. The van der Waals surface area contributed by atoms with Crippen molar-refractivity contribution >= 4 is 17.2 Å². The fourth-order valence-electron chi connectivity index (χ4n) is 3.06. The van der Waals surface area contributed by atoms with Crippen molar-refractivity contribution in [1.82, 2.24) is 5.32 Å². The first kappa shape index (κ1) is 16.0. The lowest BCUT2D eigenvalue weighted by Crippen LogP contribution is -2.25. The van der Waals surface area contributed by atoms with Crippen LogP contribution in [0, 0.1) is 0 Å². The molecule has 1 aliphatic heterocycles. The minimum atomic E-state index is 0.0681. The molecular weight excluding hydrogens is 298 g/mol. The molecule has 22 heavy (non-hydrogen) atoms. The van der Waals surface area contributed by atoms with Gasteiger partial charge in [0.15, 0.2) is 0 Å². The zero-order valence-corrected chi connectivity index (χ0v) is 13.9. The van der Waals surface area contributed by atoms with Crippen LogP contribution in [-0.4, -0.2) is 38.4 Å². The molecule has 5 heteroatoms. The second-order valence-electron chi connectivity index (χ2n) is 6.09. The molecule has 2 aliphatic rings. The summed E-state index contributed by atoms with van der Waals surface area (Å²) in [7, 11) is 0. The average molecular weight is 323 g/mol. The van der Waals surface area contributed by atoms with Crippen LogP contribution in [0.25, 0.3) is 0 Å². The minimum Gasteiger partial charge on any atom is -0.379 e. The molecule has 3 rings (SSSR count). The van der Waals surface area contributed by atoms with Gasteiger partial charge in [-0.15, -0.1) is 11.3 Å². The molecule has 0 spiro atoms. The summed E-state index contributed by atoms with van der Waals surface area (Å²) in [6.07, 6.45) is 8.19. The molecule has 4 nitrogen and oxygen atoms in total. The van der Waals surface area contributed by atoms with Crippen molar-refractivity contribution in [3.05, 3.63) is 21.4 Å². The third-order valence-electron chi connectivity index (χ3n) is 4.30.